The molecule has 3 heterocycles. The first kappa shape index (κ1) is 15.9. The van der Waals surface area contributed by atoms with Gasteiger partial charge in [-0.05, 0) is 17.3 Å². The number of rotatable bonds is 6. The molecule has 0 spiro atoms. The number of aromatic nitrogens is 6. The van der Waals surface area contributed by atoms with Gasteiger partial charge in [0.05, 0.1) is 5.69 Å². The Kier molecular flexibility index (Phi) is 4.38. The number of hydrogen-bond acceptors (Lipinski definition) is 5. The number of benzene rings is 1. The molecule has 0 aliphatic carbocycles. The Hall–Kier alpha value is -3.55. The van der Waals surface area contributed by atoms with Crippen molar-refractivity contribution < 1.29 is 4.79 Å². The Balaban J connectivity index is 1.29. The molecule has 1 N–H and O–H groups in total. The second kappa shape index (κ2) is 7.14. The summed E-state index contributed by atoms with van der Waals surface area (Å²) in [5, 5.41) is 15.0. The lowest BCUT2D eigenvalue weighted by molar-refractivity contribution is -0.122. The quantitative estimate of drug-likeness (QED) is 0.568. The normalized spacial score (nSPS) is 10.9. The second-order valence-corrected chi connectivity index (χ2v) is 5.81. The molecule has 26 heavy (non-hydrogen) atoms. The van der Waals surface area contributed by atoms with Gasteiger partial charge in [0.25, 0.3) is 0 Å². The van der Waals surface area contributed by atoms with E-state index in [0.29, 0.717) is 18.8 Å². The molecule has 4 aromatic rings. The maximum Gasteiger partial charge on any atom is 0.243 e. The highest BCUT2D eigenvalue weighted by molar-refractivity contribution is 5.75. The highest BCUT2D eigenvalue weighted by Gasteiger charge is 2.09. The van der Waals surface area contributed by atoms with E-state index in [-0.39, 0.29) is 12.5 Å². The topological polar surface area (TPSA) is 90.0 Å². The number of carbonyl (C=O) groups excluding carboxylic acids is 1. The van der Waals surface area contributed by atoms with Gasteiger partial charge in [-0.2, -0.15) is 4.80 Å². The molecule has 0 fully saturated rings. The lowest BCUT2D eigenvalue weighted by Crippen LogP contribution is -2.30. The second-order valence-electron chi connectivity index (χ2n) is 5.81. The molecular weight excluding hydrogens is 330 g/mol. The van der Waals surface area contributed by atoms with E-state index in [1.807, 2.05) is 65.3 Å². The van der Waals surface area contributed by atoms with E-state index in [4.69, 9.17) is 0 Å². The monoisotopic (exact) mass is 347 g/mol. The third-order valence-electron chi connectivity index (χ3n) is 3.89. The summed E-state index contributed by atoms with van der Waals surface area (Å²) in [6.07, 6.45) is 4.57. The number of nitrogens with one attached hydrogen (secondary N) is 1. The standard InChI is InChI=1S/C18H17N7O/c26-17(13-25-22-18(21-23-25)14-6-2-1-3-7-14)19-10-9-15-12-24-11-5-4-8-16(24)20-15/h1-8,11-12H,9-10,13H2,(H,19,26). The average molecular weight is 347 g/mol. The zero-order valence-electron chi connectivity index (χ0n) is 14.0. The number of tetrazole rings is 1. The molecule has 130 valence electrons. The van der Waals surface area contributed by atoms with Crippen LogP contribution in [0.1, 0.15) is 5.69 Å². The smallest absolute Gasteiger partial charge is 0.243 e. The van der Waals surface area contributed by atoms with Gasteiger partial charge in [-0.25, -0.2) is 4.98 Å². The molecule has 1 amide bonds. The summed E-state index contributed by atoms with van der Waals surface area (Å²) in [6, 6.07) is 15.4. The third kappa shape index (κ3) is 3.59. The Bertz CT molecular complexity index is 989. The molecular formula is C18H17N7O. The first-order valence-electron chi connectivity index (χ1n) is 8.30. The van der Waals surface area contributed by atoms with Gasteiger partial charge in [0.1, 0.15) is 12.2 Å². The summed E-state index contributed by atoms with van der Waals surface area (Å²) in [5.74, 6) is 0.342. The van der Waals surface area contributed by atoms with Gasteiger partial charge in [0.15, 0.2) is 0 Å². The maximum atomic E-state index is 12.1. The maximum absolute atomic E-state index is 12.1. The SMILES string of the molecule is O=C(Cn1nnc(-c2ccccc2)n1)NCCc1cn2ccccc2n1. The molecule has 8 nitrogen and oxygen atoms in total. The summed E-state index contributed by atoms with van der Waals surface area (Å²) >= 11 is 0. The molecule has 0 aliphatic rings. The molecule has 0 bridgehead atoms. The molecule has 0 unspecified atom stereocenters. The van der Waals surface area contributed by atoms with Crippen LogP contribution in [0.5, 0.6) is 0 Å². The first-order valence-corrected chi connectivity index (χ1v) is 8.30. The van der Waals surface area contributed by atoms with E-state index < -0.39 is 0 Å². The fourth-order valence-electron chi connectivity index (χ4n) is 2.63. The number of imidazole rings is 1. The molecule has 0 saturated carbocycles. The predicted molar refractivity (Wildman–Crippen MR) is 95.2 cm³/mol. The van der Waals surface area contributed by atoms with Crippen molar-refractivity contribution in [2.75, 3.05) is 6.54 Å². The highest BCUT2D eigenvalue weighted by Crippen LogP contribution is 2.11. The van der Waals surface area contributed by atoms with E-state index in [2.05, 4.69) is 25.7 Å². The molecule has 0 aliphatic heterocycles. The van der Waals surface area contributed by atoms with Crippen molar-refractivity contribution in [2.45, 2.75) is 13.0 Å². The average Bonchev–Trinajstić information content (AvgIpc) is 3.29. The van der Waals surface area contributed by atoms with Gasteiger partial charge in [0, 0.05) is 30.9 Å². The van der Waals surface area contributed by atoms with Crippen LogP contribution in [0.25, 0.3) is 17.0 Å². The highest BCUT2D eigenvalue weighted by atomic mass is 16.2. The summed E-state index contributed by atoms with van der Waals surface area (Å²) in [4.78, 5) is 17.9. The van der Waals surface area contributed by atoms with Crippen molar-refractivity contribution in [1.29, 1.82) is 0 Å². The zero-order chi connectivity index (χ0) is 17.8. The Morgan fingerprint density at radius 3 is 2.77 bits per heavy atom. The zero-order valence-corrected chi connectivity index (χ0v) is 14.0. The third-order valence-corrected chi connectivity index (χ3v) is 3.89. The van der Waals surface area contributed by atoms with Crippen molar-refractivity contribution in [3.8, 4) is 11.4 Å². The van der Waals surface area contributed by atoms with E-state index in [9.17, 15) is 4.79 Å². The number of pyridine rings is 1. The van der Waals surface area contributed by atoms with Crippen LogP contribution in [-0.4, -0.2) is 42.0 Å². The minimum absolute atomic E-state index is 0.0327. The summed E-state index contributed by atoms with van der Waals surface area (Å²) in [6.45, 7) is 0.536. The molecule has 0 atom stereocenters. The first-order chi connectivity index (χ1) is 12.8. The van der Waals surface area contributed by atoms with E-state index in [0.717, 1.165) is 16.9 Å². The Labute approximate surface area is 149 Å². The van der Waals surface area contributed by atoms with Gasteiger partial charge >= 0.3 is 0 Å². The van der Waals surface area contributed by atoms with Crippen molar-refractivity contribution in [1.82, 2.24) is 34.9 Å². The van der Waals surface area contributed by atoms with Gasteiger partial charge in [-0.1, -0.05) is 36.4 Å². The fraction of sp³-hybridized carbons (Fsp3) is 0.167. The predicted octanol–water partition coefficient (Wildman–Crippen LogP) is 1.35. The van der Waals surface area contributed by atoms with Crippen molar-refractivity contribution >= 4 is 11.6 Å². The van der Waals surface area contributed by atoms with Crippen molar-refractivity contribution in [3.63, 3.8) is 0 Å². The van der Waals surface area contributed by atoms with Crippen LogP contribution in [-0.2, 0) is 17.8 Å². The molecule has 4 rings (SSSR count). The lowest BCUT2D eigenvalue weighted by atomic mass is 10.2. The molecule has 0 radical (unpaired) electrons. The van der Waals surface area contributed by atoms with Gasteiger partial charge < -0.3 is 9.72 Å². The fourth-order valence-corrected chi connectivity index (χ4v) is 2.63. The largest absolute Gasteiger partial charge is 0.354 e. The van der Waals surface area contributed by atoms with Crippen molar-refractivity contribution in [3.05, 3.63) is 66.6 Å². The summed E-state index contributed by atoms with van der Waals surface area (Å²) in [5.41, 5.74) is 2.70. The van der Waals surface area contributed by atoms with Crippen LogP contribution in [0.15, 0.2) is 60.9 Å². The molecule has 3 aromatic heterocycles. The van der Waals surface area contributed by atoms with Gasteiger partial charge in [0.2, 0.25) is 11.7 Å². The minimum Gasteiger partial charge on any atom is -0.354 e. The van der Waals surface area contributed by atoms with E-state index >= 15 is 0 Å². The van der Waals surface area contributed by atoms with Crippen LogP contribution >= 0.6 is 0 Å². The Morgan fingerprint density at radius 2 is 1.92 bits per heavy atom. The number of fused-ring (bicyclic) bond motifs is 1. The van der Waals surface area contributed by atoms with Gasteiger partial charge in [-0.3, -0.25) is 4.79 Å². The van der Waals surface area contributed by atoms with E-state index in [1.165, 1.54) is 4.80 Å². The molecule has 0 saturated heterocycles. The van der Waals surface area contributed by atoms with E-state index in [1.54, 1.807) is 0 Å². The number of amides is 1. The number of hydrogen-bond donors (Lipinski definition) is 1. The summed E-state index contributed by atoms with van der Waals surface area (Å²) < 4.78 is 1.96. The van der Waals surface area contributed by atoms with Crippen LogP contribution in [0.4, 0.5) is 0 Å². The minimum atomic E-state index is -0.161. The lowest BCUT2D eigenvalue weighted by Gasteiger charge is -2.02. The number of carbonyl (C=O) groups is 1. The van der Waals surface area contributed by atoms with Crippen LogP contribution in [0, 0.1) is 0 Å². The molecule has 1 aromatic carbocycles. The van der Waals surface area contributed by atoms with Crippen LogP contribution in [0.3, 0.4) is 0 Å². The van der Waals surface area contributed by atoms with Crippen LogP contribution in [0.2, 0.25) is 0 Å². The van der Waals surface area contributed by atoms with Crippen molar-refractivity contribution in [2.24, 2.45) is 0 Å². The Morgan fingerprint density at radius 1 is 1.08 bits per heavy atom. The number of nitrogens with zero attached hydrogens (tertiary/aromatic N) is 6. The van der Waals surface area contributed by atoms with Crippen LogP contribution < -0.4 is 5.32 Å². The van der Waals surface area contributed by atoms with Gasteiger partial charge in [-0.15, -0.1) is 10.2 Å². The summed E-state index contributed by atoms with van der Waals surface area (Å²) in [7, 11) is 0. The molecule has 8 heteroatoms.